The van der Waals surface area contributed by atoms with Gasteiger partial charge in [-0.3, -0.25) is 0 Å². The molecule has 0 aromatic heterocycles. The number of benzene rings is 2. The number of nitrogens with one attached hydrogen (secondary N) is 1. The summed E-state index contributed by atoms with van der Waals surface area (Å²) in [5, 5.41) is 4.01. The van der Waals surface area contributed by atoms with Crippen molar-refractivity contribution in [3.05, 3.63) is 77.3 Å². The molecule has 22 heavy (non-hydrogen) atoms. The van der Waals surface area contributed by atoms with Gasteiger partial charge in [-0.2, -0.15) is 0 Å². The van der Waals surface area contributed by atoms with Crippen LogP contribution in [-0.2, 0) is 9.84 Å². The van der Waals surface area contributed by atoms with Gasteiger partial charge in [-0.05, 0) is 35.4 Å². The third kappa shape index (κ3) is 4.19. The molecule has 2 rings (SSSR count). The SMILES string of the molecule is C=CCN[C@@H](c1ccc(Cl)cc1)c1cccc(S(C)(=O)=O)c1. The average molecular weight is 336 g/mol. The third-order valence-corrected chi connectivity index (χ3v) is 4.65. The molecule has 0 aliphatic carbocycles. The Labute approximate surface area is 136 Å². The van der Waals surface area contributed by atoms with Crippen molar-refractivity contribution in [1.82, 2.24) is 5.32 Å². The largest absolute Gasteiger partial charge is 0.303 e. The molecule has 2 aromatic rings. The molecule has 3 nitrogen and oxygen atoms in total. The highest BCUT2D eigenvalue weighted by Gasteiger charge is 2.15. The lowest BCUT2D eigenvalue weighted by molar-refractivity contribution is 0.601. The Bertz CT molecular complexity index is 754. The van der Waals surface area contributed by atoms with Crippen LogP contribution in [0.3, 0.4) is 0 Å². The van der Waals surface area contributed by atoms with E-state index in [1.807, 2.05) is 30.3 Å². The molecule has 0 aliphatic rings. The van der Waals surface area contributed by atoms with E-state index in [4.69, 9.17) is 11.6 Å². The monoisotopic (exact) mass is 335 g/mol. The molecule has 0 unspecified atom stereocenters. The minimum absolute atomic E-state index is 0.128. The van der Waals surface area contributed by atoms with Crippen LogP contribution in [0.1, 0.15) is 17.2 Å². The van der Waals surface area contributed by atoms with Gasteiger partial charge in [0, 0.05) is 17.8 Å². The maximum absolute atomic E-state index is 11.7. The smallest absolute Gasteiger partial charge is 0.175 e. The Hall–Kier alpha value is -1.62. The van der Waals surface area contributed by atoms with Crippen molar-refractivity contribution in [1.29, 1.82) is 0 Å². The van der Waals surface area contributed by atoms with Gasteiger partial charge in [-0.15, -0.1) is 6.58 Å². The van der Waals surface area contributed by atoms with E-state index in [0.717, 1.165) is 11.1 Å². The topological polar surface area (TPSA) is 46.2 Å². The van der Waals surface area contributed by atoms with Gasteiger partial charge in [0.05, 0.1) is 10.9 Å². The summed E-state index contributed by atoms with van der Waals surface area (Å²) in [5.41, 5.74) is 1.89. The van der Waals surface area contributed by atoms with Crippen LogP contribution in [0.4, 0.5) is 0 Å². The van der Waals surface area contributed by atoms with Gasteiger partial charge in [0.15, 0.2) is 9.84 Å². The van der Waals surface area contributed by atoms with Gasteiger partial charge in [0.1, 0.15) is 0 Å². The summed E-state index contributed by atoms with van der Waals surface area (Å²) in [6.45, 7) is 4.32. The molecule has 0 fully saturated rings. The minimum atomic E-state index is -3.24. The molecule has 0 aliphatic heterocycles. The van der Waals surface area contributed by atoms with Crippen LogP contribution in [0.2, 0.25) is 5.02 Å². The van der Waals surface area contributed by atoms with Crippen molar-refractivity contribution in [2.45, 2.75) is 10.9 Å². The Kier molecular flexibility index (Phi) is 5.40. The minimum Gasteiger partial charge on any atom is -0.303 e. The summed E-state index contributed by atoms with van der Waals surface area (Å²) >= 11 is 5.94. The maximum atomic E-state index is 11.7. The van der Waals surface area contributed by atoms with Crippen LogP contribution < -0.4 is 5.32 Å². The van der Waals surface area contributed by atoms with Crippen molar-refractivity contribution in [3.63, 3.8) is 0 Å². The van der Waals surface area contributed by atoms with Crippen molar-refractivity contribution in [2.75, 3.05) is 12.8 Å². The second-order valence-corrected chi connectivity index (χ2v) is 7.48. The first-order chi connectivity index (χ1) is 10.4. The summed E-state index contributed by atoms with van der Waals surface area (Å²) in [7, 11) is -3.24. The van der Waals surface area contributed by atoms with Crippen LogP contribution in [0.15, 0.2) is 66.1 Å². The van der Waals surface area contributed by atoms with E-state index in [0.29, 0.717) is 16.5 Å². The fourth-order valence-electron chi connectivity index (χ4n) is 2.21. The van der Waals surface area contributed by atoms with E-state index in [-0.39, 0.29) is 6.04 Å². The molecule has 0 bridgehead atoms. The molecule has 0 radical (unpaired) electrons. The van der Waals surface area contributed by atoms with Crippen LogP contribution >= 0.6 is 11.6 Å². The highest BCUT2D eigenvalue weighted by atomic mass is 35.5. The lowest BCUT2D eigenvalue weighted by Gasteiger charge is -2.20. The molecule has 5 heteroatoms. The summed E-state index contributed by atoms with van der Waals surface area (Å²) < 4.78 is 23.5. The molecule has 0 saturated heterocycles. The molecule has 1 atom stereocenters. The first kappa shape index (κ1) is 16.7. The zero-order chi connectivity index (χ0) is 16.2. The molecule has 0 heterocycles. The van der Waals surface area contributed by atoms with Crippen molar-refractivity contribution >= 4 is 21.4 Å². The molecule has 0 saturated carbocycles. The molecule has 0 amide bonds. The zero-order valence-electron chi connectivity index (χ0n) is 12.3. The van der Waals surface area contributed by atoms with Gasteiger partial charge in [0.25, 0.3) is 0 Å². The Morgan fingerprint density at radius 2 is 1.86 bits per heavy atom. The molecule has 116 valence electrons. The second kappa shape index (κ2) is 7.09. The summed E-state index contributed by atoms with van der Waals surface area (Å²) in [6.07, 6.45) is 2.98. The molecule has 1 N–H and O–H groups in total. The van der Waals surface area contributed by atoms with Crippen molar-refractivity contribution in [3.8, 4) is 0 Å². The quantitative estimate of drug-likeness (QED) is 0.820. The fraction of sp³-hybridized carbons (Fsp3) is 0.176. The molecular weight excluding hydrogens is 318 g/mol. The van der Waals surface area contributed by atoms with Crippen LogP contribution in [0.5, 0.6) is 0 Å². The molecular formula is C17H18ClNO2S. The van der Waals surface area contributed by atoms with Crippen LogP contribution in [0, 0.1) is 0 Å². The Morgan fingerprint density at radius 1 is 1.18 bits per heavy atom. The number of sulfone groups is 1. The van der Waals surface area contributed by atoms with E-state index >= 15 is 0 Å². The van der Waals surface area contributed by atoms with E-state index in [1.165, 1.54) is 6.26 Å². The predicted octanol–water partition coefficient (Wildman–Crippen LogP) is 3.61. The van der Waals surface area contributed by atoms with Gasteiger partial charge in [0.2, 0.25) is 0 Å². The third-order valence-electron chi connectivity index (χ3n) is 3.29. The van der Waals surface area contributed by atoms with Gasteiger partial charge in [-0.25, -0.2) is 8.42 Å². The zero-order valence-corrected chi connectivity index (χ0v) is 13.9. The van der Waals surface area contributed by atoms with Gasteiger partial charge in [-0.1, -0.05) is 41.9 Å². The Morgan fingerprint density at radius 3 is 2.45 bits per heavy atom. The average Bonchev–Trinajstić information content (AvgIpc) is 2.49. The first-order valence-electron chi connectivity index (χ1n) is 6.81. The summed E-state index contributed by atoms with van der Waals surface area (Å²) in [6, 6.07) is 14.3. The number of hydrogen-bond acceptors (Lipinski definition) is 3. The normalized spacial score (nSPS) is 12.8. The first-order valence-corrected chi connectivity index (χ1v) is 9.08. The van der Waals surface area contributed by atoms with Crippen molar-refractivity contribution in [2.24, 2.45) is 0 Å². The fourth-order valence-corrected chi connectivity index (χ4v) is 3.01. The van der Waals surface area contributed by atoms with Crippen LogP contribution in [0.25, 0.3) is 0 Å². The highest BCUT2D eigenvalue weighted by Crippen LogP contribution is 2.25. The highest BCUT2D eigenvalue weighted by molar-refractivity contribution is 7.90. The lowest BCUT2D eigenvalue weighted by atomic mass is 9.99. The maximum Gasteiger partial charge on any atom is 0.175 e. The standard InChI is InChI=1S/C17H18ClNO2S/c1-3-11-19-17(13-7-9-15(18)10-8-13)14-5-4-6-16(12-14)22(2,20)21/h3-10,12,17,19H,1,11H2,2H3/t17-/m0/s1. The van der Waals surface area contributed by atoms with E-state index < -0.39 is 9.84 Å². The van der Waals surface area contributed by atoms with Gasteiger partial charge >= 0.3 is 0 Å². The van der Waals surface area contributed by atoms with Crippen LogP contribution in [-0.4, -0.2) is 21.2 Å². The summed E-state index contributed by atoms with van der Waals surface area (Å²) in [5.74, 6) is 0. The molecule has 0 spiro atoms. The number of halogens is 1. The van der Waals surface area contributed by atoms with E-state index in [1.54, 1.807) is 24.3 Å². The van der Waals surface area contributed by atoms with E-state index in [2.05, 4.69) is 11.9 Å². The van der Waals surface area contributed by atoms with Crippen molar-refractivity contribution < 1.29 is 8.42 Å². The summed E-state index contributed by atoms with van der Waals surface area (Å²) in [4.78, 5) is 0.310. The number of rotatable bonds is 6. The van der Waals surface area contributed by atoms with E-state index in [9.17, 15) is 8.42 Å². The second-order valence-electron chi connectivity index (χ2n) is 5.03. The number of hydrogen-bond donors (Lipinski definition) is 1. The Balaban J connectivity index is 2.45. The van der Waals surface area contributed by atoms with Gasteiger partial charge < -0.3 is 5.32 Å². The predicted molar refractivity (Wildman–Crippen MR) is 91.0 cm³/mol. The lowest BCUT2D eigenvalue weighted by Crippen LogP contribution is -2.22. The molecule has 2 aromatic carbocycles.